The number of aliphatic carboxylic acids is 1. The molecule has 2 atom stereocenters. The Labute approximate surface area is 337 Å². The van der Waals surface area contributed by atoms with Crippen LogP contribution in [0.1, 0.15) is 257 Å². The minimum absolute atomic E-state index is 0.219. The average Bonchev–Trinajstić information content (AvgIpc) is 3.18. The fourth-order valence-electron chi connectivity index (χ4n) is 8.04. The van der Waals surface area contributed by atoms with E-state index < -0.39 is 11.9 Å². The minimum Gasteiger partial charge on any atom is -0.481 e. The molecule has 0 amide bonds. The lowest BCUT2D eigenvalue weighted by atomic mass is 9.91. The third kappa shape index (κ3) is 33.7. The first-order valence-corrected chi connectivity index (χ1v) is 24.2. The van der Waals surface area contributed by atoms with Gasteiger partial charge in [-0.25, -0.2) is 0 Å². The fourth-order valence-corrected chi connectivity index (χ4v) is 8.04. The molecule has 0 aliphatic heterocycles. The quantitative estimate of drug-likeness (QED) is 0.0534. The largest absolute Gasteiger partial charge is 0.481 e. The summed E-state index contributed by atoms with van der Waals surface area (Å²) >= 11 is 0. The van der Waals surface area contributed by atoms with Gasteiger partial charge in [-0.1, -0.05) is 255 Å². The molecule has 3 nitrogen and oxygen atoms in total. The highest BCUT2D eigenvalue weighted by molar-refractivity contribution is 5.70. The van der Waals surface area contributed by atoms with Crippen molar-refractivity contribution in [3.8, 4) is 0 Å². The summed E-state index contributed by atoms with van der Waals surface area (Å²) in [6.45, 7) is 5.08. The molecule has 0 bridgehead atoms. The van der Waals surface area contributed by atoms with Gasteiger partial charge in [0.1, 0.15) is 0 Å². The Hall–Kier alpha value is -1.61. The first-order valence-electron chi connectivity index (χ1n) is 24.2. The molecule has 54 heavy (non-hydrogen) atoms. The van der Waals surface area contributed by atoms with Gasteiger partial charge >= 0.3 is 5.97 Å². The van der Waals surface area contributed by atoms with E-state index in [1.54, 1.807) is 0 Å². The van der Waals surface area contributed by atoms with E-state index in [4.69, 9.17) is 4.74 Å². The number of unbranched alkanes of at least 4 members (excludes halogenated alkanes) is 32. The molecule has 1 rings (SSSR count). The first-order chi connectivity index (χ1) is 26.7. The number of carbonyl (C=O) groups is 1. The summed E-state index contributed by atoms with van der Waals surface area (Å²) < 4.78 is 6.38. The summed E-state index contributed by atoms with van der Waals surface area (Å²) in [7, 11) is 0. The number of hydrogen-bond donors (Lipinski definition) is 1. The van der Waals surface area contributed by atoms with Crippen LogP contribution in [-0.2, 0) is 16.1 Å². The third-order valence-corrected chi connectivity index (χ3v) is 11.7. The van der Waals surface area contributed by atoms with Gasteiger partial charge in [-0.2, -0.15) is 0 Å². The summed E-state index contributed by atoms with van der Waals surface area (Å²) in [6, 6.07) is 10.2. The Morgan fingerprint density at radius 2 is 0.815 bits per heavy atom. The first kappa shape index (κ1) is 50.4. The second-order valence-electron chi connectivity index (χ2n) is 16.9. The maximum atomic E-state index is 12.5. The van der Waals surface area contributed by atoms with E-state index in [-0.39, 0.29) is 6.10 Å². The van der Waals surface area contributed by atoms with Crippen molar-refractivity contribution in [2.75, 3.05) is 0 Å². The van der Waals surface area contributed by atoms with Gasteiger partial charge in [0.15, 0.2) is 0 Å². The molecule has 314 valence electrons. The van der Waals surface area contributed by atoms with Gasteiger partial charge in [0, 0.05) is 0 Å². The normalized spacial score (nSPS) is 12.9. The highest BCUT2D eigenvalue weighted by atomic mass is 16.5. The molecule has 0 fully saturated rings. The number of carboxylic acids is 1. The lowest BCUT2D eigenvalue weighted by Crippen LogP contribution is -2.31. The summed E-state index contributed by atoms with van der Waals surface area (Å²) in [5.41, 5.74) is 1.12. The predicted molar refractivity (Wildman–Crippen MR) is 237 cm³/mol. The van der Waals surface area contributed by atoms with Crippen LogP contribution in [0.25, 0.3) is 0 Å². The van der Waals surface area contributed by atoms with E-state index in [0.717, 1.165) is 50.5 Å². The smallest absolute Gasteiger partial charge is 0.309 e. The molecule has 1 N–H and O–H groups in total. The number of rotatable bonds is 43. The van der Waals surface area contributed by atoms with Crippen LogP contribution in [0.4, 0.5) is 0 Å². The van der Waals surface area contributed by atoms with Crippen LogP contribution in [0.15, 0.2) is 42.5 Å². The summed E-state index contributed by atoms with van der Waals surface area (Å²) in [4.78, 5) is 12.5. The molecular weight excluding hydrogens is 661 g/mol. The number of carboxylic acid groups (broad SMARTS) is 1. The van der Waals surface area contributed by atoms with Crippen LogP contribution >= 0.6 is 0 Å². The van der Waals surface area contributed by atoms with Gasteiger partial charge in [0.25, 0.3) is 0 Å². The lowest BCUT2D eigenvalue weighted by Gasteiger charge is -2.25. The van der Waals surface area contributed by atoms with Crippen molar-refractivity contribution in [1.29, 1.82) is 0 Å². The zero-order valence-corrected chi connectivity index (χ0v) is 36.3. The Bertz CT molecular complexity index is 911. The van der Waals surface area contributed by atoms with Crippen molar-refractivity contribution in [2.24, 2.45) is 5.92 Å². The van der Waals surface area contributed by atoms with Gasteiger partial charge in [0.05, 0.1) is 18.6 Å². The van der Waals surface area contributed by atoms with Gasteiger partial charge in [-0.3, -0.25) is 4.79 Å². The molecule has 0 saturated carbocycles. The van der Waals surface area contributed by atoms with Crippen LogP contribution in [0.2, 0.25) is 0 Å². The van der Waals surface area contributed by atoms with E-state index in [1.165, 1.54) is 193 Å². The Balaban J connectivity index is 2.17. The van der Waals surface area contributed by atoms with Crippen molar-refractivity contribution in [3.63, 3.8) is 0 Å². The third-order valence-electron chi connectivity index (χ3n) is 11.7. The minimum atomic E-state index is -0.683. The van der Waals surface area contributed by atoms with Crippen molar-refractivity contribution in [3.05, 3.63) is 48.0 Å². The Morgan fingerprint density at radius 1 is 0.481 bits per heavy atom. The fraction of sp³-hybridized carbons (Fsp3) is 0.824. The van der Waals surface area contributed by atoms with Crippen molar-refractivity contribution in [2.45, 2.75) is 264 Å². The van der Waals surface area contributed by atoms with Crippen LogP contribution in [0.3, 0.4) is 0 Å². The number of benzene rings is 1. The second kappa shape index (κ2) is 41.0. The van der Waals surface area contributed by atoms with Crippen molar-refractivity contribution in [1.82, 2.24) is 0 Å². The van der Waals surface area contributed by atoms with Crippen LogP contribution in [-0.4, -0.2) is 17.2 Å². The molecule has 0 unspecified atom stereocenters. The van der Waals surface area contributed by atoms with E-state index in [9.17, 15) is 9.90 Å². The predicted octanol–water partition coefficient (Wildman–Crippen LogP) is 17.3. The summed E-state index contributed by atoms with van der Waals surface area (Å²) in [6.07, 6.45) is 53.1. The van der Waals surface area contributed by atoms with Gasteiger partial charge in [-0.05, 0) is 44.1 Å². The molecule has 0 saturated heterocycles. The van der Waals surface area contributed by atoms with Gasteiger partial charge in [0.2, 0.25) is 0 Å². The van der Waals surface area contributed by atoms with E-state index in [1.807, 2.05) is 18.2 Å². The molecule has 3 heteroatoms. The van der Waals surface area contributed by atoms with Crippen molar-refractivity contribution >= 4 is 5.97 Å². The maximum Gasteiger partial charge on any atom is 0.309 e. The Kier molecular flexibility index (Phi) is 38.3. The highest BCUT2D eigenvalue weighted by Crippen LogP contribution is 2.24. The molecule has 0 radical (unpaired) electrons. The zero-order chi connectivity index (χ0) is 38.8. The number of ether oxygens (including phenoxy) is 1. The topological polar surface area (TPSA) is 46.5 Å². The standard InChI is InChI=1S/C51H92O3/c1-3-5-7-9-11-13-15-17-19-21-23-25-27-29-31-33-35-37-42-46-50(54-47-48-43-39-38-40-44-48)49(51(52)53)45-41-36-34-32-30-28-26-24-22-20-18-16-14-12-10-8-6-4-2/h31,33,38-40,43-44,49-50H,3-30,32,34-37,41-42,45-47H2,1-2H3,(H,52,53)/b33-31-/t49-,50-/m0/s1. The van der Waals surface area contributed by atoms with Gasteiger partial charge in [-0.15, -0.1) is 0 Å². The SMILES string of the molecule is CCCCCCCCCCCCCCC/C=C\CCCC[C@H](OCc1ccccc1)[C@H](CCCCCCCCCCCCCCCCCCCC)C(=O)O. The molecule has 0 spiro atoms. The molecule has 1 aromatic rings. The molecule has 1 aromatic carbocycles. The Morgan fingerprint density at radius 3 is 1.20 bits per heavy atom. The van der Waals surface area contributed by atoms with E-state index in [0.29, 0.717) is 6.61 Å². The summed E-state index contributed by atoms with van der Waals surface area (Å²) in [5, 5.41) is 10.3. The van der Waals surface area contributed by atoms with Gasteiger partial charge < -0.3 is 9.84 Å². The number of allylic oxidation sites excluding steroid dienone is 2. The second-order valence-corrected chi connectivity index (χ2v) is 16.9. The van der Waals surface area contributed by atoms with E-state index in [2.05, 4.69) is 38.1 Å². The molecule has 0 heterocycles. The maximum absolute atomic E-state index is 12.5. The molecule has 0 aliphatic rings. The molecular formula is C51H92O3. The lowest BCUT2D eigenvalue weighted by molar-refractivity contribution is -0.149. The van der Waals surface area contributed by atoms with Crippen LogP contribution < -0.4 is 0 Å². The summed E-state index contributed by atoms with van der Waals surface area (Å²) in [5.74, 6) is -1.10. The monoisotopic (exact) mass is 753 g/mol. The highest BCUT2D eigenvalue weighted by Gasteiger charge is 2.28. The molecule has 0 aliphatic carbocycles. The molecule has 0 aromatic heterocycles. The average molecular weight is 753 g/mol. The van der Waals surface area contributed by atoms with Crippen LogP contribution in [0, 0.1) is 5.92 Å². The van der Waals surface area contributed by atoms with Crippen LogP contribution in [0.5, 0.6) is 0 Å². The number of hydrogen-bond acceptors (Lipinski definition) is 2. The van der Waals surface area contributed by atoms with Crippen molar-refractivity contribution < 1.29 is 14.6 Å². The zero-order valence-electron chi connectivity index (χ0n) is 36.3. The van der Waals surface area contributed by atoms with E-state index >= 15 is 0 Å².